The second kappa shape index (κ2) is 6.47. The number of amides is 1. The number of benzene rings is 1. The lowest BCUT2D eigenvalue weighted by Gasteiger charge is -2.17. The van der Waals surface area contributed by atoms with Gasteiger partial charge in [-0.1, -0.05) is 12.1 Å². The molecule has 3 N–H and O–H groups in total. The number of carbonyl (C=O) groups is 1. The number of aromatic nitrogens is 1. The first-order valence-electron chi connectivity index (χ1n) is 7.12. The number of nitro groups is 1. The van der Waals surface area contributed by atoms with E-state index < -0.39 is 10.8 Å². The van der Waals surface area contributed by atoms with Crippen molar-refractivity contribution < 1.29 is 14.2 Å². The molecule has 0 saturated heterocycles. The summed E-state index contributed by atoms with van der Waals surface area (Å²) in [4.78, 5) is 22.7. The predicted octanol–water partition coefficient (Wildman–Crippen LogP) is 2.66. The first-order chi connectivity index (χ1) is 10.8. The average Bonchev–Trinajstić information content (AvgIpc) is 2.84. The second-order valence-electron chi connectivity index (χ2n) is 5.20. The van der Waals surface area contributed by atoms with E-state index in [0.717, 1.165) is 5.56 Å². The molecule has 1 aromatic heterocycles. The fourth-order valence-corrected chi connectivity index (χ4v) is 2.46. The highest BCUT2D eigenvalue weighted by Crippen LogP contribution is 2.26. The quantitative estimate of drug-likeness (QED) is 0.496. The number of hydrogen-bond acceptors (Lipinski definition) is 6. The standard InChI is InChI=1S/C15H18N4O4/c1-4-13(14-8(2)18-23-9(14)3)17-15(20)11-7-10(19(21)22)5-6-12(11)16/h5-7,13H,4,16H2,1-3H3,(H,17,20)/t13-/m1/s1. The molecular weight excluding hydrogens is 300 g/mol. The van der Waals surface area contributed by atoms with Gasteiger partial charge in [-0.3, -0.25) is 14.9 Å². The molecule has 122 valence electrons. The van der Waals surface area contributed by atoms with Gasteiger partial charge in [0.25, 0.3) is 11.6 Å². The number of nitrogens with two attached hydrogens (primary N) is 1. The van der Waals surface area contributed by atoms with Gasteiger partial charge in [0, 0.05) is 23.4 Å². The fraction of sp³-hybridized carbons (Fsp3) is 0.333. The van der Waals surface area contributed by atoms with E-state index in [1.807, 2.05) is 6.92 Å². The van der Waals surface area contributed by atoms with Crippen LogP contribution >= 0.6 is 0 Å². The smallest absolute Gasteiger partial charge is 0.270 e. The maximum absolute atomic E-state index is 12.5. The Kier molecular flexibility index (Phi) is 4.63. The summed E-state index contributed by atoms with van der Waals surface area (Å²) < 4.78 is 5.12. The number of hydrogen-bond donors (Lipinski definition) is 2. The van der Waals surface area contributed by atoms with Crippen LogP contribution in [0.25, 0.3) is 0 Å². The molecule has 8 nitrogen and oxygen atoms in total. The van der Waals surface area contributed by atoms with E-state index in [1.165, 1.54) is 18.2 Å². The largest absolute Gasteiger partial charge is 0.398 e. The zero-order valence-electron chi connectivity index (χ0n) is 13.1. The summed E-state index contributed by atoms with van der Waals surface area (Å²) >= 11 is 0. The molecule has 0 radical (unpaired) electrons. The Balaban J connectivity index is 2.30. The van der Waals surface area contributed by atoms with E-state index in [2.05, 4.69) is 10.5 Å². The van der Waals surface area contributed by atoms with Crippen LogP contribution in [0.5, 0.6) is 0 Å². The highest BCUT2D eigenvalue weighted by atomic mass is 16.6. The molecule has 0 bridgehead atoms. The van der Waals surface area contributed by atoms with Gasteiger partial charge in [-0.15, -0.1) is 0 Å². The third kappa shape index (κ3) is 3.31. The monoisotopic (exact) mass is 318 g/mol. The van der Waals surface area contributed by atoms with Crippen molar-refractivity contribution in [2.75, 3.05) is 5.73 Å². The van der Waals surface area contributed by atoms with Gasteiger partial charge in [0.2, 0.25) is 0 Å². The Bertz CT molecular complexity index is 734. The minimum absolute atomic E-state index is 0.0735. The van der Waals surface area contributed by atoms with Gasteiger partial charge < -0.3 is 15.6 Å². The van der Waals surface area contributed by atoms with E-state index in [4.69, 9.17) is 10.3 Å². The van der Waals surface area contributed by atoms with E-state index in [1.54, 1.807) is 13.8 Å². The van der Waals surface area contributed by atoms with Crippen LogP contribution < -0.4 is 11.1 Å². The third-order valence-corrected chi connectivity index (χ3v) is 3.64. The van der Waals surface area contributed by atoms with Gasteiger partial charge in [0.15, 0.2) is 0 Å². The Labute approximate surface area is 132 Å². The zero-order chi connectivity index (χ0) is 17.1. The summed E-state index contributed by atoms with van der Waals surface area (Å²) in [5.41, 5.74) is 7.35. The molecule has 0 aliphatic carbocycles. The van der Waals surface area contributed by atoms with Crippen molar-refractivity contribution in [1.29, 1.82) is 0 Å². The Morgan fingerprint density at radius 1 is 1.48 bits per heavy atom. The molecule has 0 aliphatic heterocycles. The molecule has 1 atom stereocenters. The number of rotatable bonds is 5. The summed E-state index contributed by atoms with van der Waals surface area (Å²) in [5.74, 6) is 0.153. The molecule has 0 unspecified atom stereocenters. The van der Waals surface area contributed by atoms with Gasteiger partial charge in [-0.25, -0.2) is 0 Å². The SMILES string of the molecule is CC[C@@H](NC(=O)c1cc([N+](=O)[O-])ccc1N)c1c(C)noc1C. The first-order valence-corrected chi connectivity index (χ1v) is 7.12. The Morgan fingerprint density at radius 3 is 2.70 bits per heavy atom. The first kappa shape index (κ1) is 16.5. The molecule has 8 heteroatoms. The molecule has 1 heterocycles. The number of nitrogen functional groups attached to an aromatic ring is 1. The molecule has 0 spiro atoms. The van der Waals surface area contributed by atoms with E-state index >= 15 is 0 Å². The normalized spacial score (nSPS) is 12.0. The van der Waals surface area contributed by atoms with Crippen molar-refractivity contribution in [3.63, 3.8) is 0 Å². The molecule has 1 amide bonds. The maximum atomic E-state index is 12.5. The van der Waals surface area contributed by atoms with Crippen LogP contribution in [0.15, 0.2) is 22.7 Å². The summed E-state index contributed by atoms with van der Waals surface area (Å²) in [5, 5.41) is 17.6. The average molecular weight is 318 g/mol. The van der Waals surface area contributed by atoms with Crippen LogP contribution in [0, 0.1) is 24.0 Å². The van der Waals surface area contributed by atoms with Gasteiger partial charge in [-0.2, -0.15) is 0 Å². The minimum Gasteiger partial charge on any atom is -0.398 e. The highest BCUT2D eigenvalue weighted by Gasteiger charge is 2.23. The van der Waals surface area contributed by atoms with Crippen LogP contribution in [-0.4, -0.2) is 16.0 Å². The number of aryl methyl sites for hydroxylation is 2. The molecule has 2 rings (SSSR count). The van der Waals surface area contributed by atoms with E-state index in [0.29, 0.717) is 17.9 Å². The lowest BCUT2D eigenvalue weighted by atomic mass is 10.0. The lowest BCUT2D eigenvalue weighted by molar-refractivity contribution is -0.384. The summed E-state index contributed by atoms with van der Waals surface area (Å²) in [6.45, 7) is 5.47. The fourth-order valence-electron chi connectivity index (χ4n) is 2.46. The summed E-state index contributed by atoms with van der Waals surface area (Å²) in [7, 11) is 0. The van der Waals surface area contributed by atoms with Crippen LogP contribution in [0.2, 0.25) is 0 Å². The minimum atomic E-state index is -0.568. The van der Waals surface area contributed by atoms with E-state index in [9.17, 15) is 14.9 Å². The van der Waals surface area contributed by atoms with Crippen molar-refractivity contribution >= 4 is 17.3 Å². The number of anilines is 1. The summed E-state index contributed by atoms with van der Waals surface area (Å²) in [6, 6.07) is 3.47. The lowest BCUT2D eigenvalue weighted by Crippen LogP contribution is -2.29. The molecule has 2 aromatic rings. The zero-order valence-corrected chi connectivity index (χ0v) is 13.1. The van der Waals surface area contributed by atoms with Crippen LogP contribution in [0.4, 0.5) is 11.4 Å². The molecule has 0 aliphatic rings. The van der Waals surface area contributed by atoms with Crippen molar-refractivity contribution in [2.24, 2.45) is 0 Å². The number of nitro benzene ring substituents is 1. The second-order valence-corrected chi connectivity index (χ2v) is 5.20. The topological polar surface area (TPSA) is 124 Å². The Morgan fingerprint density at radius 2 is 2.17 bits per heavy atom. The highest BCUT2D eigenvalue weighted by molar-refractivity contribution is 6.00. The van der Waals surface area contributed by atoms with Crippen molar-refractivity contribution in [1.82, 2.24) is 10.5 Å². The van der Waals surface area contributed by atoms with E-state index in [-0.39, 0.29) is 23.0 Å². The van der Waals surface area contributed by atoms with Gasteiger partial charge in [0.1, 0.15) is 5.76 Å². The number of non-ortho nitro benzene ring substituents is 1. The van der Waals surface area contributed by atoms with Crippen LogP contribution in [0.1, 0.15) is 46.8 Å². The van der Waals surface area contributed by atoms with Crippen LogP contribution in [-0.2, 0) is 0 Å². The van der Waals surface area contributed by atoms with Crippen molar-refractivity contribution in [2.45, 2.75) is 33.2 Å². The van der Waals surface area contributed by atoms with Gasteiger partial charge in [0.05, 0.1) is 22.2 Å². The molecule has 0 saturated carbocycles. The maximum Gasteiger partial charge on any atom is 0.270 e. The van der Waals surface area contributed by atoms with Gasteiger partial charge >= 0.3 is 0 Å². The number of nitrogens with one attached hydrogen (secondary N) is 1. The van der Waals surface area contributed by atoms with Crippen molar-refractivity contribution in [3.8, 4) is 0 Å². The van der Waals surface area contributed by atoms with Gasteiger partial charge in [-0.05, 0) is 26.3 Å². The number of carbonyl (C=O) groups excluding carboxylic acids is 1. The molecule has 1 aromatic carbocycles. The molecule has 0 fully saturated rings. The third-order valence-electron chi connectivity index (χ3n) is 3.64. The summed E-state index contributed by atoms with van der Waals surface area (Å²) in [6.07, 6.45) is 0.615. The van der Waals surface area contributed by atoms with Crippen LogP contribution in [0.3, 0.4) is 0 Å². The molecular formula is C15H18N4O4. The van der Waals surface area contributed by atoms with Crippen molar-refractivity contribution in [3.05, 3.63) is 50.9 Å². The molecule has 23 heavy (non-hydrogen) atoms. The predicted molar refractivity (Wildman–Crippen MR) is 84.0 cm³/mol. The number of nitrogens with zero attached hydrogens (tertiary/aromatic N) is 2. The Hall–Kier alpha value is -2.90.